The zero-order chi connectivity index (χ0) is 12.2. The first kappa shape index (κ1) is 14.0. The first-order valence-corrected chi connectivity index (χ1v) is 6.82. The van der Waals surface area contributed by atoms with E-state index in [-0.39, 0.29) is 5.54 Å². The van der Waals surface area contributed by atoms with Gasteiger partial charge < -0.3 is 10.2 Å². The van der Waals surface area contributed by atoms with Gasteiger partial charge in [-0.25, -0.2) is 0 Å². The summed E-state index contributed by atoms with van der Waals surface area (Å²) < 4.78 is 0. The third-order valence-electron chi connectivity index (χ3n) is 3.73. The van der Waals surface area contributed by atoms with Gasteiger partial charge in [-0.1, -0.05) is 19.8 Å². The van der Waals surface area contributed by atoms with Crippen molar-refractivity contribution in [2.45, 2.75) is 52.5 Å². The largest absolute Gasteiger partial charge is 0.311 e. The van der Waals surface area contributed by atoms with E-state index in [0.29, 0.717) is 0 Å². The van der Waals surface area contributed by atoms with E-state index in [0.717, 1.165) is 18.4 Å². The lowest BCUT2D eigenvalue weighted by Crippen LogP contribution is -2.41. The van der Waals surface area contributed by atoms with E-state index in [1.165, 1.54) is 32.4 Å². The minimum Gasteiger partial charge on any atom is -0.311 e. The number of likely N-dealkylation sites (N-methyl/N-ethyl adjacent to an activating group) is 1. The predicted octanol–water partition coefficient (Wildman–Crippen LogP) is 2.74. The van der Waals surface area contributed by atoms with Crippen molar-refractivity contribution in [3.63, 3.8) is 0 Å². The molecule has 2 unspecified atom stereocenters. The van der Waals surface area contributed by atoms with Crippen LogP contribution in [0.1, 0.15) is 47.0 Å². The van der Waals surface area contributed by atoms with Crippen LogP contribution in [0.5, 0.6) is 0 Å². The normalized spacial score (nSPS) is 26.6. The van der Waals surface area contributed by atoms with Crippen LogP contribution in [0.4, 0.5) is 0 Å². The van der Waals surface area contributed by atoms with E-state index in [1.807, 2.05) is 0 Å². The molecule has 0 bridgehead atoms. The summed E-state index contributed by atoms with van der Waals surface area (Å²) in [7, 11) is 2.26. The highest BCUT2D eigenvalue weighted by Crippen LogP contribution is 2.31. The van der Waals surface area contributed by atoms with Crippen LogP contribution < -0.4 is 5.32 Å². The van der Waals surface area contributed by atoms with E-state index in [4.69, 9.17) is 0 Å². The Morgan fingerprint density at radius 3 is 2.44 bits per heavy atom. The van der Waals surface area contributed by atoms with Gasteiger partial charge in [0.1, 0.15) is 0 Å². The Bertz CT molecular complexity index is 195. The van der Waals surface area contributed by atoms with E-state index in [9.17, 15) is 0 Å². The first-order valence-electron chi connectivity index (χ1n) is 6.82. The molecule has 0 aromatic heterocycles. The zero-order valence-electron chi connectivity index (χ0n) is 11.8. The van der Waals surface area contributed by atoms with Gasteiger partial charge in [0, 0.05) is 25.2 Å². The molecule has 0 amide bonds. The van der Waals surface area contributed by atoms with E-state index in [2.05, 4.69) is 45.0 Å². The molecule has 0 spiro atoms. The molecule has 2 nitrogen and oxygen atoms in total. The van der Waals surface area contributed by atoms with Crippen molar-refractivity contribution in [1.82, 2.24) is 10.2 Å². The highest BCUT2D eigenvalue weighted by Gasteiger charge is 2.24. The second-order valence-corrected chi connectivity index (χ2v) is 6.61. The molecule has 1 aliphatic rings. The maximum Gasteiger partial charge on any atom is 0.0104 e. The van der Waals surface area contributed by atoms with Crippen molar-refractivity contribution in [3.05, 3.63) is 0 Å². The molecular formula is C14H30N2. The number of rotatable bonds is 5. The summed E-state index contributed by atoms with van der Waals surface area (Å²) >= 11 is 0. The average Bonchev–Trinajstić information content (AvgIpc) is 2.49. The van der Waals surface area contributed by atoms with Gasteiger partial charge in [-0.3, -0.25) is 0 Å². The van der Waals surface area contributed by atoms with Crippen LogP contribution in [-0.4, -0.2) is 37.1 Å². The van der Waals surface area contributed by atoms with E-state index < -0.39 is 0 Å². The molecule has 0 aliphatic heterocycles. The first-order chi connectivity index (χ1) is 7.38. The van der Waals surface area contributed by atoms with Gasteiger partial charge in [0.05, 0.1) is 0 Å². The Morgan fingerprint density at radius 2 is 1.94 bits per heavy atom. The maximum atomic E-state index is 3.55. The van der Waals surface area contributed by atoms with Crippen molar-refractivity contribution in [2.24, 2.45) is 11.8 Å². The number of nitrogens with one attached hydrogen (secondary N) is 1. The minimum atomic E-state index is 0.251. The van der Waals surface area contributed by atoms with Gasteiger partial charge in [-0.05, 0) is 46.1 Å². The summed E-state index contributed by atoms with van der Waals surface area (Å²) in [6, 6.07) is 0. The van der Waals surface area contributed by atoms with Crippen LogP contribution in [0.2, 0.25) is 0 Å². The number of nitrogens with zero attached hydrogens (tertiary/aromatic N) is 1. The second-order valence-electron chi connectivity index (χ2n) is 6.61. The second kappa shape index (κ2) is 6.02. The lowest BCUT2D eigenvalue weighted by molar-refractivity contribution is 0.241. The molecular weight excluding hydrogens is 196 g/mol. The van der Waals surface area contributed by atoms with Gasteiger partial charge in [-0.15, -0.1) is 0 Å². The van der Waals surface area contributed by atoms with Gasteiger partial charge in [0.25, 0.3) is 0 Å². The monoisotopic (exact) mass is 226 g/mol. The number of hydrogen-bond donors (Lipinski definition) is 1. The Balaban J connectivity index is 2.13. The molecule has 0 heterocycles. The molecule has 0 aromatic carbocycles. The van der Waals surface area contributed by atoms with Gasteiger partial charge in [0.2, 0.25) is 0 Å². The average molecular weight is 226 g/mol. The summed E-state index contributed by atoms with van der Waals surface area (Å²) in [6.07, 6.45) is 4.33. The highest BCUT2D eigenvalue weighted by atomic mass is 15.1. The minimum absolute atomic E-state index is 0.251. The Morgan fingerprint density at radius 1 is 1.25 bits per heavy atom. The third-order valence-corrected chi connectivity index (χ3v) is 3.73. The Hall–Kier alpha value is -0.0800. The zero-order valence-corrected chi connectivity index (χ0v) is 11.8. The third kappa shape index (κ3) is 5.31. The topological polar surface area (TPSA) is 15.3 Å². The molecule has 0 radical (unpaired) electrons. The van der Waals surface area contributed by atoms with Crippen molar-refractivity contribution >= 4 is 0 Å². The lowest BCUT2D eigenvalue weighted by atomic mass is 9.98. The molecule has 0 saturated heterocycles. The molecule has 0 aromatic rings. The van der Waals surface area contributed by atoms with Gasteiger partial charge >= 0.3 is 0 Å². The SMILES string of the molecule is CC1CCCC1CN(C)CCNC(C)(C)C. The summed E-state index contributed by atoms with van der Waals surface area (Å²) in [5, 5.41) is 3.55. The molecule has 1 saturated carbocycles. The summed E-state index contributed by atoms with van der Waals surface area (Å²) in [5.41, 5.74) is 0.251. The molecule has 1 aliphatic carbocycles. The molecule has 16 heavy (non-hydrogen) atoms. The molecule has 2 heteroatoms. The van der Waals surface area contributed by atoms with Gasteiger partial charge in [0.15, 0.2) is 0 Å². The van der Waals surface area contributed by atoms with Crippen molar-refractivity contribution < 1.29 is 0 Å². The molecule has 1 N–H and O–H groups in total. The van der Waals surface area contributed by atoms with E-state index >= 15 is 0 Å². The summed E-state index contributed by atoms with van der Waals surface area (Å²) in [4.78, 5) is 2.49. The van der Waals surface area contributed by atoms with Crippen LogP contribution in [-0.2, 0) is 0 Å². The van der Waals surface area contributed by atoms with Crippen LogP contribution >= 0.6 is 0 Å². The fourth-order valence-corrected chi connectivity index (χ4v) is 2.61. The fraction of sp³-hybridized carbons (Fsp3) is 1.00. The smallest absolute Gasteiger partial charge is 0.0104 e. The van der Waals surface area contributed by atoms with Gasteiger partial charge in [-0.2, -0.15) is 0 Å². The number of hydrogen-bond acceptors (Lipinski definition) is 2. The Labute approximate surface area is 102 Å². The standard InChI is InChI=1S/C14H30N2/c1-12-7-6-8-13(12)11-16(5)10-9-15-14(2,3)4/h12-13,15H,6-11H2,1-5H3. The molecule has 1 rings (SSSR count). The van der Waals surface area contributed by atoms with Crippen LogP contribution in [0.25, 0.3) is 0 Å². The Kier molecular flexibility index (Phi) is 5.26. The van der Waals surface area contributed by atoms with E-state index in [1.54, 1.807) is 0 Å². The van der Waals surface area contributed by atoms with Crippen LogP contribution in [0.15, 0.2) is 0 Å². The van der Waals surface area contributed by atoms with Crippen LogP contribution in [0.3, 0.4) is 0 Å². The van der Waals surface area contributed by atoms with Crippen molar-refractivity contribution in [3.8, 4) is 0 Å². The summed E-state index contributed by atoms with van der Waals surface area (Å²) in [5.74, 6) is 1.89. The maximum absolute atomic E-state index is 3.55. The lowest BCUT2D eigenvalue weighted by Gasteiger charge is -2.26. The van der Waals surface area contributed by atoms with Crippen molar-refractivity contribution in [1.29, 1.82) is 0 Å². The molecule has 1 fully saturated rings. The summed E-state index contributed by atoms with van der Waals surface area (Å²) in [6.45, 7) is 12.7. The van der Waals surface area contributed by atoms with Crippen molar-refractivity contribution in [2.75, 3.05) is 26.7 Å². The quantitative estimate of drug-likeness (QED) is 0.775. The highest BCUT2D eigenvalue weighted by molar-refractivity contribution is 4.77. The molecule has 2 atom stereocenters. The predicted molar refractivity (Wildman–Crippen MR) is 71.8 cm³/mol. The molecule has 96 valence electrons. The van der Waals surface area contributed by atoms with Crippen LogP contribution in [0, 0.1) is 11.8 Å². The fourth-order valence-electron chi connectivity index (χ4n) is 2.61.